The third-order valence-corrected chi connectivity index (χ3v) is 7.66. The monoisotopic (exact) mass is 516 g/mol. The van der Waals surface area contributed by atoms with Crippen LogP contribution in [0.5, 0.6) is 11.5 Å². The molecule has 2 heterocycles. The molecular formula is C29H32N4O3S. The largest absolute Gasteiger partial charge is 0.616 e. The maximum Gasteiger partial charge on any atom is 0.141 e. The SMILES string of the molecule is [O-][S+]1CCN(CCCCOc2ccc3ncnc(Nc4ccc(OCc5ccccc5)cc4)c3c2)CC1. The van der Waals surface area contributed by atoms with Crippen LogP contribution in [0.3, 0.4) is 0 Å². The van der Waals surface area contributed by atoms with Gasteiger partial charge in [-0.05, 0) is 67.4 Å². The Morgan fingerprint density at radius 1 is 0.865 bits per heavy atom. The van der Waals surface area contributed by atoms with E-state index in [2.05, 4.69) is 32.3 Å². The summed E-state index contributed by atoms with van der Waals surface area (Å²) in [7, 11) is 0. The van der Waals surface area contributed by atoms with Crippen LogP contribution in [-0.2, 0) is 17.8 Å². The molecule has 0 spiro atoms. The Bertz CT molecular complexity index is 1270. The summed E-state index contributed by atoms with van der Waals surface area (Å²) in [5.74, 6) is 3.96. The van der Waals surface area contributed by atoms with Crippen LogP contribution in [-0.4, -0.2) is 57.2 Å². The van der Waals surface area contributed by atoms with E-state index in [0.29, 0.717) is 13.2 Å². The number of ether oxygens (including phenoxy) is 2. The van der Waals surface area contributed by atoms with Gasteiger partial charge >= 0.3 is 0 Å². The van der Waals surface area contributed by atoms with Gasteiger partial charge in [0.1, 0.15) is 41.8 Å². The average Bonchev–Trinajstić information content (AvgIpc) is 2.94. The van der Waals surface area contributed by atoms with Crippen molar-refractivity contribution in [3.8, 4) is 11.5 Å². The highest BCUT2D eigenvalue weighted by molar-refractivity contribution is 7.91. The third-order valence-electron chi connectivity index (χ3n) is 6.38. The van der Waals surface area contributed by atoms with Crippen LogP contribution >= 0.6 is 0 Å². The minimum absolute atomic E-state index is 0.535. The first-order chi connectivity index (χ1) is 18.2. The van der Waals surface area contributed by atoms with Gasteiger partial charge in [-0.1, -0.05) is 41.5 Å². The summed E-state index contributed by atoms with van der Waals surface area (Å²) >= 11 is -0.618. The van der Waals surface area contributed by atoms with Gasteiger partial charge in [0.25, 0.3) is 0 Å². The lowest BCUT2D eigenvalue weighted by Gasteiger charge is -2.27. The number of aromatic nitrogens is 2. The number of nitrogens with one attached hydrogen (secondary N) is 1. The minimum atomic E-state index is -0.618. The predicted molar refractivity (Wildman–Crippen MR) is 149 cm³/mol. The van der Waals surface area contributed by atoms with Crippen LogP contribution in [0.25, 0.3) is 10.9 Å². The molecule has 1 aliphatic rings. The van der Waals surface area contributed by atoms with Crippen molar-refractivity contribution >= 4 is 33.6 Å². The lowest BCUT2D eigenvalue weighted by molar-refractivity contribution is 0.262. The summed E-state index contributed by atoms with van der Waals surface area (Å²) in [6.07, 6.45) is 3.62. The molecule has 0 atom stereocenters. The van der Waals surface area contributed by atoms with Gasteiger partial charge < -0.3 is 19.3 Å². The van der Waals surface area contributed by atoms with Crippen molar-refractivity contribution in [2.75, 3.05) is 43.1 Å². The van der Waals surface area contributed by atoms with Crippen LogP contribution in [0.4, 0.5) is 11.5 Å². The average molecular weight is 517 g/mol. The molecule has 0 aliphatic carbocycles. The van der Waals surface area contributed by atoms with Crippen molar-refractivity contribution < 1.29 is 14.0 Å². The molecule has 0 bridgehead atoms. The molecule has 4 aromatic rings. The van der Waals surface area contributed by atoms with E-state index >= 15 is 0 Å². The number of unbranched alkanes of at least 4 members (excludes halogenated alkanes) is 1. The fourth-order valence-electron chi connectivity index (χ4n) is 4.26. The van der Waals surface area contributed by atoms with Crippen molar-refractivity contribution in [3.05, 3.63) is 84.7 Å². The van der Waals surface area contributed by atoms with Crippen molar-refractivity contribution in [1.82, 2.24) is 14.9 Å². The van der Waals surface area contributed by atoms with E-state index in [1.807, 2.05) is 60.7 Å². The van der Waals surface area contributed by atoms with Crippen LogP contribution in [0.1, 0.15) is 18.4 Å². The maximum atomic E-state index is 11.5. The normalized spacial score (nSPS) is 14.5. The maximum absolute atomic E-state index is 11.5. The molecule has 8 heteroatoms. The van der Waals surface area contributed by atoms with E-state index in [-0.39, 0.29) is 0 Å². The predicted octanol–water partition coefficient (Wildman–Crippen LogP) is 5.18. The number of hydrogen-bond acceptors (Lipinski definition) is 7. The van der Waals surface area contributed by atoms with E-state index in [1.54, 1.807) is 6.33 Å². The van der Waals surface area contributed by atoms with Gasteiger partial charge in [-0.15, -0.1) is 0 Å². The highest BCUT2D eigenvalue weighted by atomic mass is 32.2. The third kappa shape index (κ3) is 7.35. The summed E-state index contributed by atoms with van der Waals surface area (Å²) in [6, 6.07) is 23.9. The van der Waals surface area contributed by atoms with E-state index in [9.17, 15) is 4.55 Å². The number of nitrogens with zero attached hydrogens (tertiary/aromatic N) is 3. The lowest BCUT2D eigenvalue weighted by atomic mass is 10.2. The molecular weight excluding hydrogens is 484 g/mol. The quantitative estimate of drug-likeness (QED) is 0.217. The topological polar surface area (TPSA) is 82.6 Å². The molecule has 192 valence electrons. The Morgan fingerprint density at radius 2 is 1.65 bits per heavy atom. The first-order valence-corrected chi connectivity index (χ1v) is 14.2. The molecule has 5 rings (SSSR count). The smallest absolute Gasteiger partial charge is 0.141 e. The highest BCUT2D eigenvalue weighted by Gasteiger charge is 2.18. The molecule has 37 heavy (non-hydrogen) atoms. The zero-order valence-electron chi connectivity index (χ0n) is 20.8. The van der Waals surface area contributed by atoms with Crippen LogP contribution < -0.4 is 14.8 Å². The molecule has 1 saturated heterocycles. The molecule has 0 unspecified atom stereocenters. The number of fused-ring (bicyclic) bond motifs is 1. The van der Waals surface area contributed by atoms with E-state index in [4.69, 9.17) is 9.47 Å². The molecule has 1 aromatic heterocycles. The van der Waals surface area contributed by atoms with Gasteiger partial charge in [-0.2, -0.15) is 0 Å². The summed E-state index contributed by atoms with van der Waals surface area (Å²) in [5, 5.41) is 4.31. The minimum Gasteiger partial charge on any atom is -0.616 e. The second kappa shape index (κ2) is 12.8. The standard InChI is InChI=1S/C29H32N4O3S/c34-37-18-15-33(16-19-37)14-4-5-17-35-26-12-13-28-27(20-26)29(31-22-30-28)32-24-8-10-25(11-9-24)36-21-23-6-2-1-3-7-23/h1-3,6-13,20,22H,4-5,14-19,21H2,(H,30,31,32). The first kappa shape index (κ1) is 25.3. The Hall–Kier alpha value is -3.33. The highest BCUT2D eigenvalue weighted by Crippen LogP contribution is 2.28. The van der Waals surface area contributed by atoms with Crippen molar-refractivity contribution in [3.63, 3.8) is 0 Å². The van der Waals surface area contributed by atoms with Crippen molar-refractivity contribution in [2.24, 2.45) is 0 Å². The van der Waals surface area contributed by atoms with Gasteiger partial charge in [0, 0.05) is 24.2 Å². The van der Waals surface area contributed by atoms with Crippen molar-refractivity contribution in [2.45, 2.75) is 19.4 Å². The number of rotatable bonds is 11. The number of anilines is 2. The summed E-state index contributed by atoms with van der Waals surface area (Å²) < 4.78 is 23.4. The summed E-state index contributed by atoms with van der Waals surface area (Å²) in [4.78, 5) is 11.3. The van der Waals surface area contributed by atoms with Gasteiger partial charge in [-0.3, -0.25) is 4.90 Å². The molecule has 7 nitrogen and oxygen atoms in total. The van der Waals surface area contributed by atoms with Crippen molar-refractivity contribution in [1.29, 1.82) is 0 Å². The number of benzene rings is 3. The Kier molecular flexibility index (Phi) is 8.74. The first-order valence-electron chi connectivity index (χ1n) is 12.7. The Morgan fingerprint density at radius 3 is 2.46 bits per heavy atom. The molecule has 1 N–H and O–H groups in total. The lowest BCUT2D eigenvalue weighted by Crippen LogP contribution is -2.40. The van der Waals surface area contributed by atoms with Crippen LogP contribution in [0, 0.1) is 0 Å². The summed E-state index contributed by atoms with van der Waals surface area (Å²) in [5.41, 5.74) is 2.91. The van der Waals surface area contributed by atoms with E-state index in [0.717, 1.165) is 83.5 Å². The fraction of sp³-hybridized carbons (Fsp3) is 0.310. The second-order valence-corrected chi connectivity index (χ2v) is 10.8. The zero-order chi connectivity index (χ0) is 25.3. The van der Waals surface area contributed by atoms with Crippen LogP contribution in [0.2, 0.25) is 0 Å². The molecule has 1 fully saturated rings. The molecule has 3 aromatic carbocycles. The van der Waals surface area contributed by atoms with Gasteiger partial charge in [0.2, 0.25) is 0 Å². The Balaban J connectivity index is 1.14. The van der Waals surface area contributed by atoms with Gasteiger partial charge in [-0.25, -0.2) is 9.97 Å². The Labute approximate surface area is 221 Å². The number of hydrogen-bond donors (Lipinski definition) is 1. The zero-order valence-corrected chi connectivity index (χ0v) is 21.7. The molecule has 0 radical (unpaired) electrons. The molecule has 0 saturated carbocycles. The van der Waals surface area contributed by atoms with Gasteiger partial charge in [0.15, 0.2) is 0 Å². The van der Waals surface area contributed by atoms with Gasteiger partial charge in [0.05, 0.1) is 12.1 Å². The summed E-state index contributed by atoms with van der Waals surface area (Å²) in [6.45, 7) is 4.12. The van der Waals surface area contributed by atoms with Crippen LogP contribution in [0.15, 0.2) is 79.1 Å². The second-order valence-electron chi connectivity index (χ2n) is 9.07. The molecule has 1 aliphatic heterocycles. The van der Waals surface area contributed by atoms with E-state index in [1.165, 1.54) is 0 Å². The van der Waals surface area contributed by atoms with E-state index < -0.39 is 11.2 Å². The molecule has 0 amide bonds. The fourth-order valence-corrected chi connectivity index (χ4v) is 5.39.